The molecule has 2 aliphatic carbocycles. The van der Waals surface area contributed by atoms with Crippen molar-refractivity contribution in [3.8, 4) is 5.69 Å². The summed E-state index contributed by atoms with van der Waals surface area (Å²) < 4.78 is 1.70. The molecule has 0 bridgehead atoms. The third-order valence-electron chi connectivity index (χ3n) is 6.37. The topological polar surface area (TPSA) is 85.0 Å². The highest BCUT2D eigenvalue weighted by atomic mass is 32.1. The number of benzene rings is 1. The molecular weight excluding hydrogens is 410 g/mol. The van der Waals surface area contributed by atoms with Crippen LogP contribution in [-0.4, -0.2) is 31.9 Å². The van der Waals surface area contributed by atoms with Gasteiger partial charge >= 0.3 is 0 Å². The van der Waals surface area contributed by atoms with Crippen LogP contribution < -0.4 is 10.6 Å². The van der Waals surface area contributed by atoms with Crippen LogP contribution in [-0.2, 0) is 0 Å². The Labute approximate surface area is 188 Å². The van der Waals surface area contributed by atoms with Crippen LogP contribution in [0.15, 0.2) is 36.4 Å². The van der Waals surface area contributed by atoms with Crippen LogP contribution in [0, 0.1) is 24.0 Å². The molecule has 31 heavy (non-hydrogen) atoms. The maximum Gasteiger partial charge on any atom is 0.294 e. The van der Waals surface area contributed by atoms with E-state index >= 15 is 0 Å². The zero-order valence-corrected chi connectivity index (χ0v) is 18.8. The van der Waals surface area contributed by atoms with Crippen LogP contribution in [0.25, 0.3) is 5.69 Å². The summed E-state index contributed by atoms with van der Waals surface area (Å²) in [7, 11) is 0. The average molecular weight is 440 g/mol. The van der Waals surface area contributed by atoms with Crippen molar-refractivity contribution in [2.75, 3.05) is 0 Å². The SMILES string of the molecule is Cc1nn(-c2ccccc2[N+](=O)[O-])c(C)c1[C@@H]1C=C[C@@H](NC(=S)NC2CCCCC2)C1. The van der Waals surface area contributed by atoms with E-state index in [2.05, 4.69) is 27.9 Å². The number of aromatic nitrogens is 2. The standard InChI is InChI=1S/C23H29N5O2S/c1-15-22(16(2)27(26-15)20-10-6-7-11-21(20)28(29)30)17-12-13-19(14-17)25-23(31)24-18-8-4-3-5-9-18/h6-7,10-13,17-19H,3-5,8-9,14H2,1-2H3,(H2,24,25,31)/t17-,19-/m1/s1. The van der Waals surface area contributed by atoms with Gasteiger partial charge in [0, 0.05) is 35.3 Å². The van der Waals surface area contributed by atoms with Crippen molar-refractivity contribution < 1.29 is 4.92 Å². The van der Waals surface area contributed by atoms with E-state index < -0.39 is 0 Å². The van der Waals surface area contributed by atoms with E-state index in [1.54, 1.807) is 22.9 Å². The van der Waals surface area contributed by atoms with Gasteiger partial charge in [-0.1, -0.05) is 43.5 Å². The zero-order chi connectivity index (χ0) is 22.0. The number of hydrogen-bond acceptors (Lipinski definition) is 4. The molecular formula is C23H29N5O2S. The molecule has 0 saturated heterocycles. The molecule has 4 rings (SSSR count). The summed E-state index contributed by atoms with van der Waals surface area (Å²) in [4.78, 5) is 11.1. The molecule has 0 radical (unpaired) electrons. The highest BCUT2D eigenvalue weighted by Crippen LogP contribution is 2.35. The lowest BCUT2D eigenvalue weighted by Gasteiger charge is -2.25. The van der Waals surface area contributed by atoms with Crippen molar-refractivity contribution in [3.63, 3.8) is 0 Å². The molecule has 0 spiro atoms. The summed E-state index contributed by atoms with van der Waals surface area (Å²) in [6.07, 6.45) is 11.5. The molecule has 1 fully saturated rings. The van der Waals surface area contributed by atoms with Crippen molar-refractivity contribution in [3.05, 3.63) is 63.5 Å². The number of aryl methyl sites for hydroxylation is 1. The highest BCUT2D eigenvalue weighted by molar-refractivity contribution is 7.80. The summed E-state index contributed by atoms with van der Waals surface area (Å²) in [6, 6.07) is 7.39. The van der Waals surface area contributed by atoms with E-state index in [1.807, 2.05) is 13.8 Å². The quantitative estimate of drug-likeness (QED) is 0.306. The first-order chi connectivity index (χ1) is 14.9. The number of nitro groups is 1. The zero-order valence-electron chi connectivity index (χ0n) is 18.0. The van der Waals surface area contributed by atoms with E-state index in [-0.39, 0.29) is 22.6 Å². The lowest BCUT2D eigenvalue weighted by atomic mass is 9.95. The molecule has 2 N–H and O–H groups in total. The van der Waals surface area contributed by atoms with Crippen molar-refractivity contribution in [2.45, 2.75) is 70.4 Å². The molecule has 7 nitrogen and oxygen atoms in total. The fraction of sp³-hybridized carbons (Fsp3) is 0.478. The Balaban J connectivity index is 1.46. The molecule has 1 aromatic carbocycles. The molecule has 0 unspecified atom stereocenters. The molecule has 1 saturated carbocycles. The minimum Gasteiger partial charge on any atom is -0.360 e. The Bertz CT molecular complexity index is 1010. The Morgan fingerprint density at radius 1 is 1.16 bits per heavy atom. The van der Waals surface area contributed by atoms with Gasteiger partial charge in [0.1, 0.15) is 5.69 Å². The first kappa shape index (κ1) is 21.5. The highest BCUT2D eigenvalue weighted by Gasteiger charge is 2.28. The van der Waals surface area contributed by atoms with Gasteiger partial charge in [-0.25, -0.2) is 4.68 Å². The van der Waals surface area contributed by atoms with Gasteiger partial charge in [0.25, 0.3) is 5.69 Å². The van der Waals surface area contributed by atoms with Crippen molar-refractivity contribution >= 4 is 23.0 Å². The molecule has 1 aromatic heterocycles. The fourth-order valence-electron chi connectivity index (χ4n) is 4.89. The second-order valence-electron chi connectivity index (χ2n) is 8.53. The third kappa shape index (κ3) is 4.63. The Kier molecular flexibility index (Phi) is 6.36. The molecule has 8 heteroatoms. The molecule has 2 aromatic rings. The lowest BCUT2D eigenvalue weighted by Crippen LogP contribution is -2.45. The third-order valence-corrected chi connectivity index (χ3v) is 6.60. The first-order valence-corrected chi connectivity index (χ1v) is 11.4. The van der Waals surface area contributed by atoms with Gasteiger partial charge in [-0.3, -0.25) is 10.1 Å². The molecule has 2 aliphatic rings. The number of hydrogen-bond donors (Lipinski definition) is 2. The second-order valence-corrected chi connectivity index (χ2v) is 8.94. The summed E-state index contributed by atoms with van der Waals surface area (Å²) in [5.74, 6) is 0.200. The number of nitrogens with one attached hydrogen (secondary N) is 2. The number of para-hydroxylation sites is 2. The predicted octanol–water partition coefficient (Wildman–Crippen LogP) is 4.61. The lowest BCUT2D eigenvalue weighted by molar-refractivity contribution is -0.384. The summed E-state index contributed by atoms with van der Waals surface area (Å²) in [5, 5.41) is 23.8. The number of allylic oxidation sites excluding steroid dienone is 1. The molecule has 0 aliphatic heterocycles. The van der Waals surface area contributed by atoms with E-state index in [0.29, 0.717) is 11.7 Å². The molecule has 2 atom stereocenters. The maximum absolute atomic E-state index is 11.5. The van der Waals surface area contributed by atoms with Crippen LogP contribution in [0.5, 0.6) is 0 Å². The van der Waals surface area contributed by atoms with Gasteiger partial charge < -0.3 is 10.6 Å². The van der Waals surface area contributed by atoms with Gasteiger partial charge in [-0.05, 0) is 51.4 Å². The second kappa shape index (κ2) is 9.18. The summed E-state index contributed by atoms with van der Waals surface area (Å²) >= 11 is 5.55. The number of thiocarbonyl (C=S) groups is 1. The summed E-state index contributed by atoms with van der Waals surface area (Å²) in [5.41, 5.74) is 3.51. The van der Waals surface area contributed by atoms with Crippen molar-refractivity contribution in [1.29, 1.82) is 0 Å². The van der Waals surface area contributed by atoms with Crippen LogP contribution in [0.4, 0.5) is 5.69 Å². The fourth-order valence-corrected chi connectivity index (χ4v) is 5.20. The van der Waals surface area contributed by atoms with Gasteiger partial charge in [0.05, 0.1) is 10.6 Å². The van der Waals surface area contributed by atoms with Gasteiger partial charge in [0.15, 0.2) is 5.11 Å². The molecule has 0 amide bonds. The van der Waals surface area contributed by atoms with Gasteiger partial charge in [0.2, 0.25) is 0 Å². The van der Waals surface area contributed by atoms with E-state index in [9.17, 15) is 10.1 Å². The van der Waals surface area contributed by atoms with E-state index in [1.165, 1.54) is 38.2 Å². The Morgan fingerprint density at radius 3 is 2.65 bits per heavy atom. The van der Waals surface area contributed by atoms with E-state index in [0.717, 1.165) is 28.5 Å². The van der Waals surface area contributed by atoms with Gasteiger partial charge in [-0.2, -0.15) is 5.10 Å². The van der Waals surface area contributed by atoms with Crippen LogP contribution in [0.3, 0.4) is 0 Å². The maximum atomic E-state index is 11.5. The first-order valence-electron chi connectivity index (χ1n) is 11.0. The summed E-state index contributed by atoms with van der Waals surface area (Å²) in [6.45, 7) is 3.95. The molecule has 164 valence electrons. The largest absolute Gasteiger partial charge is 0.360 e. The smallest absolute Gasteiger partial charge is 0.294 e. The Morgan fingerprint density at radius 2 is 1.90 bits per heavy atom. The number of nitro benzene ring substituents is 1. The normalized spacial score (nSPS) is 21.2. The molecule has 1 heterocycles. The van der Waals surface area contributed by atoms with E-state index in [4.69, 9.17) is 12.2 Å². The number of rotatable bonds is 5. The number of nitrogens with zero attached hydrogens (tertiary/aromatic N) is 3. The van der Waals surface area contributed by atoms with Crippen LogP contribution in [0.2, 0.25) is 0 Å². The van der Waals surface area contributed by atoms with Gasteiger partial charge in [-0.15, -0.1) is 0 Å². The van der Waals surface area contributed by atoms with Crippen LogP contribution >= 0.6 is 12.2 Å². The van der Waals surface area contributed by atoms with Crippen molar-refractivity contribution in [2.24, 2.45) is 0 Å². The predicted molar refractivity (Wildman–Crippen MR) is 126 cm³/mol. The monoisotopic (exact) mass is 439 g/mol. The minimum absolute atomic E-state index is 0.0558. The average Bonchev–Trinajstić information content (AvgIpc) is 3.31. The Hall–Kier alpha value is -2.74. The van der Waals surface area contributed by atoms with Crippen molar-refractivity contribution in [1.82, 2.24) is 20.4 Å². The minimum atomic E-state index is -0.360. The van der Waals surface area contributed by atoms with Crippen LogP contribution in [0.1, 0.15) is 61.4 Å².